The van der Waals surface area contributed by atoms with Gasteiger partial charge in [-0.1, -0.05) is 15.9 Å². The highest BCUT2D eigenvalue weighted by atomic mass is 79.9. The molecule has 0 bridgehead atoms. The van der Waals surface area contributed by atoms with Crippen LogP contribution in [0.25, 0.3) is 0 Å². The van der Waals surface area contributed by atoms with Gasteiger partial charge >= 0.3 is 0 Å². The number of hydrogen-bond acceptors (Lipinski definition) is 2. The van der Waals surface area contributed by atoms with Crippen LogP contribution < -0.4 is 4.90 Å². The summed E-state index contributed by atoms with van der Waals surface area (Å²) >= 11 is 3.49. The highest BCUT2D eigenvalue weighted by Crippen LogP contribution is 2.27. The van der Waals surface area contributed by atoms with E-state index in [9.17, 15) is 5.11 Å². The van der Waals surface area contributed by atoms with Crippen LogP contribution in [0, 0.1) is 12.8 Å². The molecular formula is C13H18BrNO. The maximum Gasteiger partial charge on any atom is 0.0476 e. The SMILES string of the molecule is Cc1cc(Br)ccc1N1CCCC(CO)C1. The van der Waals surface area contributed by atoms with Crippen LogP contribution in [0.4, 0.5) is 5.69 Å². The second-order valence-corrected chi connectivity index (χ2v) is 5.48. The summed E-state index contributed by atoms with van der Waals surface area (Å²) in [5, 5.41) is 9.23. The van der Waals surface area contributed by atoms with E-state index in [1.165, 1.54) is 17.7 Å². The Morgan fingerprint density at radius 3 is 3.00 bits per heavy atom. The Morgan fingerprint density at radius 1 is 1.50 bits per heavy atom. The number of rotatable bonds is 2. The molecule has 0 aliphatic carbocycles. The number of aliphatic hydroxyl groups excluding tert-OH is 1. The van der Waals surface area contributed by atoms with Gasteiger partial charge in [0.1, 0.15) is 0 Å². The zero-order chi connectivity index (χ0) is 11.5. The van der Waals surface area contributed by atoms with Gasteiger partial charge < -0.3 is 10.0 Å². The van der Waals surface area contributed by atoms with Crippen molar-refractivity contribution in [2.24, 2.45) is 5.92 Å². The van der Waals surface area contributed by atoms with Crippen LogP contribution in [0.15, 0.2) is 22.7 Å². The van der Waals surface area contributed by atoms with Crippen LogP contribution in [0.1, 0.15) is 18.4 Å². The van der Waals surface area contributed by atoms with Crippen molar-refractivity contribution >= 4 is 21.6 Å². The first-order valence-corrected chi connectivity index (χ1v) is 6.62. The van der Waals surface area contributed by atoms with Gasteiger partial charge in [-0.15, -0.1) is 0 Å². The topological polar surface area (TPSA) is 23.5 Å². The second kappa shape index (κ2) is 5.19. The first-order chi connectivity index (χ1) is 7.70. The van der Waals surface area contributed by atoms with E-state index >= 15 is 0 Å². The Hall–Kier alpha value is -0.540. The van der Waals surface area contributed by atoms with Gasteiger partial charge in [0.25, 0.3) is 0 Å². The lowest BCUT2D eigenvalue weighted by Crippen LogP contribution is -2.37. The van der Waals surface area contributed by atoms with Crippen LogP contribution in [0.5, 0.6) is 0 Å². The number of benzene rings is 1. The molecule has 1 atom stereocenters. The van der Waals surface area contributed by atoms with Crippen LogP contribution in [0.3, 0.4) is 0 Å². The van der Waals surface area contributed by atoms with Gasteiger partial charge in [-0.25, -0.2) is 0 Å². The molecule has 0 radical (unpaired) electrons. The molecule has 1 aliphatic rings. The van der Waals surface area contributed by atoms with Crippen LogP contribution in [-0.2, 0) is 0 Å². The average Bonchev–Trinajstić information content (AvgIpc) is 2.29. The molecule has 1 fully saturated rings. The van der Waals surface area contributed by atoms with Crippen LogP contribution >= 0.6 is 15.9 Å². The molecule has 1 saturated heterocycles. The highest BCUT2D eigenvalue weighted by Gasteiger charge is 2.20. The van der Waals surface area contributed by atoms with E-state index in [2.05, 4.69) is 46.0 Å². The fraction of sp³-hybridized carbons (Fsp3) is 0.538. The van der Waals surface area contributed by atoms with Crippen molar-refractivity contribution in [1.82, 2.24) is 0 Å². The number of aliphatic hydroxyl groups is 1. The number of aryl methyl sites for hydroxylation is 1. The number of halogens is 1. The third kappa shape index (κ3) is 2.58. The molecule has 1 N–H and O–H groups in total. The predicted molar refractivity (Wildman–Crippen MR) is 70.9 cm³/mol. The quantitative estimate of drug-likeness (QED) is 0.902. The van der Waals surface area contributed by atoms with Crippen molar-refractivity contribution in [3.63, 3.8) is 0 Å². The van der Waals surface area contributed by atoms with Crippen molar-refractivity contribution in [1.29, 1.82) is 0 Å². The van der Waals surface area contributed by atoms with E-state index in [1.54, 1.807) is 0 Å². The minimum Gasteiger partial charge on any atom is -0.396 e. The third-order valence-electron chi connectivity index (χ3n) is 3.28. The summed E-state index contributed by atoms with van der Waals surface area (Å²) in [7, 11) is 0. The van der Waals surface area contributed by atoms with Gasteiger partial charge in [0.15, 0.2) is 0 Å². The molecule has 1 heterocycles. The minimum atomic E-state index is 0.312. The van der Waals surface area contributed by atoms with Gasteiger partial charge in [0.05, 0.1) is 0 Å². The molecule has 1 aromatic rings. The van der Waals surface area contributed by atoms with Crippen molar-refractivity contribution in [3.8, 4) is 0 Å². The summed E-state index contributed by atoms with van der Waals surface area (Å²) < 4.78 is 1.13. The van der Waals surface area contributed by atoms with E-state index in [1.807, 2.05) is 0 Å². The molecular weight excluding hydrogens is 266 g/mol. The smallest absolute Gasteiger partial charge is 0.0476 e. The van der Waals surface area contributed by atoms with E-state index < -0.39 is 0 Å². The molecule has 0 amide bonds. The van der Waals surface area contributed by atoms with Gasteiger partial charge in [-0.2, -0.15) is 0 Å². The van der Waals surface area contributed by atoms with Crippen molar-refractivity contribution in [2.75, 3.05) is 24.6 Å². The molecule has 2 nitrogen and oxygen atoms in total. The molecule has 2 rings (SSSR count). The standard InChI is InChI=1S/C13H18BrNO/c1-10-7-12(14)4-5-13(10)15-6-2-3-11(8-15)9-16/h4-5,7,11,16H,2-3,6,8-9H2,1H3. The van der Waals surface area contributed by atoms with E-state index in [0.29, 0.717) is 12.5 Å². The molecule has 1 unspecified atom stereocenters. The molecule has 0 saturated carbocycles. The molecule has 1 aliphatic heterocycles. The number of hydrogen-bond donors (Lipinski definition) is 1. The average molecular weight is 284 g/mol. The van der Waals surface area contributed by atoms with Crippen molar-refractivity contribution in [2.45, 2.75) is 19.8 Å². The third-order valence-corrected chi connectivity index (χ3v) is 3.77. The van der Waals surface area contributed by atoms with Gasteiger partial charge in [0, 0.05) is 29.9 Å². The Labute approximate surface area is 105 Å². The fourth-order valence-corrected chi connectivity index (χ4v) is 2.88. The lowest BCUT2D eigenvalue weighted by atomic mass is 9.98. The first kappa shape index (κ1) is 11.9. The van der Waals surface area contributed by atoms with Crippen LogP contribution in [-0.4, -0.2) is 24.8 Å². The number of anilines is 1. The van der Waals surface area contributed by atoms with Gasteiger partial charge in [-0.3, -0.25) is 0 Å². The van der Waals surface area contributed by atoms with Gasteiger partial charge in [0.2, 0.25) is 0 Å². The summed E-state index contributed by atoms with van der Waals surface area (Å²) in [6, 6.07) is 6.40. The maximum atomic E-state index is 9.23. The zero-order valence-electron chi connectivity index (χ0n) is 9.62. The van der Waals surface area contributed by atoms with Gasteiger partial charge in [-0.05, 0) is 49.4 Å². The molecule has 1 aromatic carbocycles. The maximum absolute atomic E-state index is 9.23. The Kier molecular flexibility index (Phi) is 3.87. The number of nitrogens with zero attached hydrogens (tertiary/aromatic N) is 1. The zero-order valence-corrected chi connectivity index (χ0v) is 11.2. The molecule has 0 spiro atoms. The predicted octanol–water partition coefficient (Wildman–Crippen LogP) is 2.97. The van der Waals surface area contributed by atoms with Crippen molar-refractivity contribution in [3.05, 3.63) is 28.2 Å². The van der Waals surface area contributed by atoms with E-state index in [-0.39, 0.29) is 0 Å². The second-order valence-electron chi connectivity index (χ2n) is 4.57. The molecule has 3 heteroatoms. The monoisotopic (exact) mass is 283 g/mol. The molecule has 16 heavy (non-hydrogen) atoms. The minimum absolute atomic E-state index is 0.312. The highest BCUT2D eigenvalue weighted by molar-refractivity contribution is 9.10. The lowest BCUT2D eigenvalue weighted by Gasteiger charge is -2.34. The van der Waals surface area contributed by atoms with E-state index in [4.69, 9.17) is 0 Å². The summed E-state index contributed by atoms with van der Waals surface area (Å²) in [4.78, 5) is 2.40. The summed E-state index contributed by atoms with van der Waals surface area (Å²) in [5.41, 5.74) is 2.61. The Bertz CT molecular complexity index is 367. The Morgan fingerprint density at radius 2 is 2.31 bits per heavy atom. The summed E-state index contributed by atoms with van der Waals surface area (Å²) in [6.45, 7) is 4.55. The fourth-order valence-electron chi connectivity index (χ4n) is 2.41. The van der Waals surface area contributed by atoms with Crippen LogP contribution in [0.2, 0.25) is 0 Å². The lowest BCUT2D eigenvalue weighted by molar-refractivity contribution is 0.208. The molecule has 88 valence electrons. The summed E-state index contributed by atoms with van der Waals surface area (Å²) in [6.07, 6.45) is 2.34. The normalized spacial score (nSPS) is 21.2. The molecule has 0 aromatic heterocycles. The van der Waals surface area contributed by atoms with E-state index in [0.717, 1.165) is 24.0 Å². The first-order valence-electron chi connectivity index (χ1n) is 5.82. The summed E-state index contributed by atoms with van der Waals surface area (Å²) in [5.74, 6) is 0.441. The largest absolute Gasteiger partial charge is 0.396 e. The number of piperidine rings is 1. The van der Waals surface area contributed by atoms with Crippen molar-refractivity contribution < 1.29 is 5.11 Å². The Balaban J connectivity index is 2.16.